The fraction of sp³-hybridized carbons (Fsp3) is 0.211. The fourth-order valence-electron chi connectivity index (χ4n) is 2.37. The van der Waals surface area contributed by atoms with E-state index in [9.17, 15) is 4.79 Å². The molecule has 0 saturated heterocycles. The van der Waals surface area contributed by atoms with Gasteiger partial charge in [-0.2, -0.15) is 0 Å². The average Bonchev–Trinajstić information content (AvgIpc) is 3.10. The normalized spacial score (nSPS) is 11.9. The molecule has 0 bridgehead atoms. The zero-order chi connectivity index (χ0) is 19.4. The SMILES string of the molecule is COc1ccc(NC(=O)[C@H](C)Sc2nnc(-c3ccccc3C)o2)cc1Cl. The number of methoxy groups -OCH3 is 1. The Balaban J connectivity index is 1.65. The third-order valence-electron chi connectivity index (χ3n) is 3.85. The highest BCUT2D eigenvalue weighted by Gasteiger charge is 2.19. The predicted octanol–water partition coefficient (Wildman–Crippen LogP) is 4.83. The number of hydrogen-bond acceptors (Lipinski definition) is 6. The summed E-state index contributed by atoms with van der Waals surface area (Å²) in [5, 5.41) is 11.2. The summed E-state index contributed by atoms with van der Waals surface area (Å²) < 4.78 is 10.8. The maximum atomic E-state index is 12.4. The van der Waals surface area contributed by atoms with Crippen molar-refractivity contribution in [2.24, 2.45) is 0 Å². The molecule has 8 heteroatoms. The first-order valence-corrected chi connectivity index (χ1v) is 9.44. The lowest BCUT2D eigenvalue weighted by molar-refractivity contribution is -0.115. The van der Waals surface area contributed by atoms with Crippen LogP contribution in [0.15, 0.2) is 52.1 Å². The summed E-state index contributed by atoms with van der Waals surface area (Å²) in [6, 6.07) is 12.8. The number of halogens is 1. The highest BCUT2D eigenvalue weighted by atomic mass is 35.5. The topological polar surface area (TPSA) is 77.2 Å². The number of nitrogens with one attached hydrogen (secondary N) is 1. The van der Waals surface area contributed by atoms with Crippen LogP contribution >= 0.6 is 23.4 Å². The Kier molecular flexibility index (Phi) is 6.03. The van der Waals surface area contributed by atoms with E-state index in [1.807, 2.05) is 31.2 Å². The zero-order valence-electron chi connectivity index (χ0n) is 15.0. The standard InChI is InChI=1S/C19H18ClN3O3S/c1-11-6-4-5-7-14(11)18-22-23-19(26-18)27-12(2)17(24)21-13-8-9-16(25-3)15(20)10-13/h4-10,12H,1-3H3,(H,21,24)/t12-/m0/s1. The van der Waals surface area contributed by atoms with Crippen molar-refractivity contribution in [1.82, 2.24) is 10.2 Å². The lowest BCUT2D eigenvalue weighted by Gasteiger charge is -2.11. The number of thioether (sulfide) groups is 1. The number of rotatable bonds is 6. The van der Waals surface area contributed by atoms with Crippen molar-refractivity contribution < 1.29 is 13.9 Å². The molecule has 1 amide bonds. The van der Waals surface area contributed by atoms with Crippen molar-refractivity contribution in [1.29, 1.82) is 0 Å². The summed E-state index contributed by atoms with van der Waals surface area (Å²) in [4.78, 5) is 12.4. The Labute approximate surface area is 166 Å². The van der Waals surface area contributed by atoms with Crippen LogP contribution < -0.4 is 10.1 Å². The van der Waals surface area contributed by atoms with Crippen molar-refractivity contribution in [3.63, 3.8) is 0 Å². The number of benzene rings is 2. The molecule has 0 radical (unpaired) electrons. The molecule has 0 fully saturated rings. The van der Waals surface area contributed by atoms with Gasteiger partial charge >= 0.3 is 0 Å². The van der Waals surface area contributed by atoms with Crippen LogP contribution in [0.5, 0.6) is 5.75 Å². The molecule has 1 atom stereocenters. The van der Waals surface area contributed by atoms with Crippen molar-refractivity contribution in [3.05, 3.63) is 53.1 Å². The number of nitrogens with zero attached hydrogens (tertiary/aromatic N) is 2. The number of carbonyl (C=O) groups excluding carboxylic acids is 1. The van der Waals surface area contributed by atoms with Gasteiger partial charge in [-0.05, 0) is 43.7 Å². The highest BCUT2D eigenvalue weighted by molar-refractivity contribution is 8.00. The molecule has 0 aliphatic rings. The van der Waals surface area contributed by atoms with E-state index in [-0.39, 0.29) is 5.91 Å². The van der Waals surface area contributed by atoms with Gasteiger partial charge in [0.2, 0.25) is 11.8 Å². The molecule has 1 heterocycles. The van der Waals surface area contributed by atoms with Crippen LogP contribution in [0.3, 0.4) is 0 Å². The molecule has 0 unspecified atom stereocenters. The van der Waals surface area contributed by atoms with Gasteiger partial charge in [0.05, 0.1) is 17.4 Å². The van der Waals surface area contributed by atoms with Crippen LogP contribution in [0.25, 0.3) is 11.5 Å². The van der Waals surface area contributed by atoms with Crippen LogP contribution in [-0.4, -0.2) is 28.5 Å². The van der Waals surface area contributed by atoms with Crippen molar-refractivity contribution in [3.8, 4) is 17.2 Å². The summed E-state index contributed by atoms with van der Waals surface area (Å²) in [7, 11) is 1.54. The van der Waals surface area contributed by atoms with Gasteiger partial charge < -0.3 is 14.5 Å². The summed E-state index contributed by atoms with van der Waals surface area (Å²) >= 11 is 7.28. The Morgan fingerprint density at radius 1 is 1.26 bits per heavy atom. The smallest absolute Gasteiger partial charge is 0.277 e. The Morgan fingerprint density at radius 2 is 2.04 bits per heavy atom. The molecule has 1 aromatic heterocycles. The van der Waals surface area contributed by atoms with Gasteiger partial charge in [-0.3, -0.25) is 4.79 Å². The number of aromatic nitrogens is 2. The molecule has 6 nitrogen and oxygen atoms in total. The molecular weight excluding hydrogens is 386 g/mol. The molecule has 0 saturated carbocycles. The first kappa shape index (κ1) is 19.3. The van der Waals surface area contributed by atoms with E-state index in [2.05, 4.69) is 15.5 Å². The largest absolute Gasteiger partial charge is 0.495 e. The van der Waals surface area contributed by atoms with Gasteiger partial charge in [-0.25, -0.2) is 0 Å². The quantitative estimate of drug-likeness (QED) is 0.594. The minimum atomic E-state index is -0.434. The first-order valence-electron chi connectivity index (χ1n) is 8.18. The number of amides is 1. The molecule has 0 aliphatic heterocycles. The molecule has 27 heavy (non-hydrogen) atoms. The van der Waals surface area contributed by atoms with Crippen LogP contribution in [0, 0.1) is 6.92 Å². The van der Waals surface area contributed by atoms with Gasteiger partial charge in [-0.15, -0.1) is 10.2 Å². The second-order valence-corrected chi connectivity index (χ2v) is 7.49. The van der Waals surface area contributed by atoms with Crippen LogP contribution in [0.4, 0.5) is 5.69 Å². The minimum Gasteiger partial charge on any atom is -0.495 e. The molecule has 3 aromatic rings. The lowest BCUT2D eigenvalue weighted by atomic mass is 10.1. The summed E-state index contributed by atoms with van der Waals surface area (Å²) in [5.74, 6) is 0.786. The molecular formula is C19H18ClN3O3S. The maximum absolute atomic E-state index is 12.4. The molecule has 140 valence electrons. The molecule has 2 aromatic carbocycles. The fourth-order valence-corrected chi connectivity index (χ4v) is 3.31. The van der Waals surface area contributed by atoms with Crippen molar-refractivity contribution in [2.75, 3.05) is 12.4 Å². The number of anilines is 1. The molecule has 0 spiro atoms. The first-order chi connectivity index (χ1) is 13.0. The molecule has 3 rings (SSSR count). The molecule has 1 N–H and O–H groups in total. The van der Waals surface area contributed by atoms with Gasteiger partial charge in [-0.1, -0.05) is 41.6 Å². The average molecular weight is 404 g/mol. The maximum Gasteiger partial charge on any atom is 0.277 e. The van der Waals surface area contributed by atoms with E-state index in [0.29, 0.717) is 27.6 Å². The van der Waals surface area contributed by atoms with E-state index in [1.54, 1.807) is 25.1 Å². The molecule has 0 aliphatic carbocycles. The Hall–Kier alpha value is -2.51. The van der Waals surface area contributed by atoms with Crippen LogP contribution in [0.2, 0.25) is 5.02 Å². The van der Waals surface area contributed by atoms with E-state index < -0.39 is 5.25 Å². The Morgan fingerprint density at radius 3 is 2.74 bits per heavy atom. The van der Waals surface area contributed by atoms with Crippen molar-refractivity contribution >= 4 is 35.0 Å². The number of hydrogen-bond donors (Lipinski definition) is 1. The van der Waals surface area contributed by atoms with E-state index in [0.717, 1.165) is 11.1 Å². The van der Waals surface area contributed by atoms with E-state index >= 15 is 0 Å². The summed E-state index contributed by atoms with van der Waals surface area (Å²) in [5.41, 5.74) is 2.51. The summed E-state index contributed by atoms with van der Waals surface area (Å²) in [6.45, 7) is 3.74. The van der Waals surface area contributed by atoms with Gasteiger partial charge in [0.1, 0.15) is 5.75 Å². The third-order valence-corrected chi connectivity index (χ3v) is 5.08. The predicted molar refractivity (Wildman–Crippen MR) is 106 cm³/mol. The van der Waals surface area contributed by atoms with E-state index in [1.165, 1.54) is 18.9 Å². The lowest BCUT2D eigenvalue weighted by Crippen LogP contribution is -2.22. The van der Waals surface area contributed by atoms with Crippen LogP contribution in [0.1, 0.15) is 12.5 Å². The van der Waals surface area contributed by atoms with E-state index in [4.69, 9.17) is 20.8 Å². The number of ether oxygens (including phenoxy) is 1. The zero-order valence-corrected chi connectivity index (χ0v) is 16.6. The van der Waals surface area contributed by atoms with Crippen molar-refractivity contribution in [2.45, 2.75) is 24.3 Å². The van der Waals surface area contributed by atoms with Gasteiger partial charge in [0.25, 0.3) is 5.22 Å². The monoisotopic (exact) mass is 403 g/mol. The van der Waals surface area contributed by atoms with Crippen LogP contribution in [-0.2, 0) is 4.79 Å². The highest BCUT2D eigenvalue weighted by Crippen LogP contribution is 2.30. The Bertz CT molecular complexity index is 961. The second kappa shape index (κ2) is 8.45. The summed E-state index contributed by atoms with van der Waals surface area (Å²) in [6.07, 6.45) is 0. The number of aryl methyl sites for hydroxylation is 1. The van der Waals surface area contributed by atoms with Gasteiger partial charge in [0.15, 0.2) is 0 Å². The minimum absolute atomic E-state index is 0.197. The van der Waals surface area contributed by atoms with Gasteiger partial charge in [0, 0.05) is 11.3 Å². The number of carbonyl (C=O) groups is 1. The second-order valence-electron chi connectivity index (χ2n) is 5.79. The third kappa shape index (κ3) is 4.61.